The number of rotatable bonds is 8. The number of hydrogen-bond acceptors (Lipinski definition) is 6. The molecule has 3 aromatic rings. The Hall–Kier alpha value is -2.94. The lowest BCUT2D eigenvalue weighted by atomic mass is 10.2. The molecule has 0 amide bonds. The van der Waals surface area contributed by atoms with Crippen LogP contribution in [0.15, 0.2) is 36.7 Å². The van der Waals surface area contributed by atoms with Gasteiger partial charge in [0.25, 0.3) is 0 Å². The molecule has 0 aliphatic rings. The van der Waals surface area contributed by atoms with Crippen molar-refractivity contribution in [3.63, 3.8) is 0 Å². The van der Waals surface area contributed by atoms with Gasteiger partial charge < -0.3 is 4.74 Å². The second kappa shape index (κ2) is 8.60. The van der Waals surface area contributed by atoms with E-state index < -0.39 is 10.0 Å². The molecule has 0 fully saturated rings. The van der Waals surface area contributed by atoms with Crippen molar-refractivity contribution >= 4 is 15.7 Å². The molecule has 2 heterocycles. The molecule has 29 heavy (non-hydrogen) atoms. The summed E-state index contributed by atoms with van der Waals surface area (Å²) in [7, 11) is -3.33. The second-order valence-electron chi connectivity index (χ2n) is 6.82. The van der Waals surface area contributed by atoms with Crippen molar-refractivity contribution in [3.8, 4) is 17.4 Å². The first-order valence-corrected chi connectivity index (χ1v) is 11.1. The van der Waals surface area contributed by atoms with Crippen molar-refractivity contribution in [2.45, 2.75) is 40.5 Å². The highest BCUT2D eigenvalue weighted by Crippen LogP contribution is 2.24. The zero-order valence-corrected chi connectivity index (χ0v) is 17.8. The van der Waals surface area contributed by atoms with Gasteiger partial charge in [0.05, 0.1) is 11.4 Å². The van der Waals surface area contributed by atoms with Crippen LogP contribution in [0.3, 0.4) is 0 Å². The maximum atomic E-state index is 12.0. The second-order valence-corrected chi connectivity index (χ2v) is 8.66. The monoisotopic (exact) mass is 415 g/mol. The Morgan fingerprint density at radius 3 is 2.45 bits per heavy atom. The minimum atomic E-state index is -3.33. The van der Waals surface area contributed by atoms with Crippen LogP contribution >= 0.6 is 0 Å². The number of aromatic nitrogens is 4. The molecular formula is C20H25N5O3S. The Bertz CT molecular complexity index is 1090. The van der Waals surface area contributed by atoms with E-state index in [0.717, 1.165) is 23.4 Å². The van der Waals surface area contributed by atoms with Gasteiger partial charge in [0.2, 0.25) is 15.9 Å². The predicted molar refractivity (Wildman–Crippen MR) is 112 cm³/mol. The smallest absolute Gasteiger partial charge is 0.232 e. The van der Waals surface area contributed by atoms with Gasteiger partial charge in [0, 0.05) is 17.4 Å². The number of nitrogens with zero attached hydrogens (tertiary/aromatic N) is 4. The van der Waals surface area contributed by atoms with Gasteiger partial charge in [-0.25, -0.2) is 23.1 Å². The van der Waals surface area contributed by atoms with Crippen molar-refractivity contribution in [2.75, 3.05) is 10.5 Å². The van der Waals surface area contributed by atoms with Gasteiger partial charge in [-0.15, -0.1) is 0 Å². The standard InChI is InChI=1S/C20H25N5O3S/c1-5-6-11-29(26,27)24-17-7-9-18(10-8-17)28-20-12-19(21-13-22-20)25-16(4)14(2)15(3)23-25/h7-10,12-13,24H,5-6,11H2,1-4H3. The van der Waals surface area contributed by atoms with Crippen molar-refractivity contribution in [2.24, 2.45) is 0 Å². The van der Waals surface area contributed by atoms with E-state index >= 15 is 0 Å². The molecule has 3 rings (SSSR count). The highest BCUT2D eigenvalue weighted by atomic mass is 32.2. The minimum absolute atomic E-state index is 0.108. The molecule has 1 N–H and O–H groups in total. The van der Waals surface area contributed by atoms with E-state index in [4.69, 9.17) is 4.74 Å². The van der Waals surface area contributed by atoms with Gasteiger partial charge in [0.15, 0.2) is 5.82 Å². The molecule has 0 aliphatic heterocycles. The van der Waals surface area contributed by atoms with Gasteiger partial charge in [0.1, 0.15) is 12.1 Å². The molecule has 0 saturated heterocycles. The van der Waals surface area contributed by atoms with E-state index in [1.165, 1.54) is 6.33 Å². The van der Waals surface area contributed by atoms with Crippen LogP contribution in [0, 0.1) is 20.8 Å². The number of nitrogens with one attached hydrogen (secondary N) is 1. The third-order valence-corrected chi connectivity index (χ3v) is 5.99. The first-order chi connectivity index (χ1) is 13.8. The molecular weight excluding hydrogens is 390 g/mol. The van der Waals surface area contributed by atoms with Crippen molar-refractivity contribution in [1.29, 1.82) is 0 Å². The fourth-order valence-corrected chi connectivity index (χ4v) is 3.99. The van der Waals surface area contributed by atoms with Crippen molar-refractivity contribution in [1.82, 2.24) is 19.7 Å². The maximum absolute atomic E-state index is 12.0. The first kappa shape index (κ1) is 20.8. The molecule has 0 unspecified atom stereocenters. The zero-order chi connectivity index (χ0) is 21.0. The molecule has 8 nitrogen and oxygen atoms in total. The molecule has 0 atom stereocenters. The third kappa shape index (κ3) is 5.11. The highest BCUT2D eigenvalue weighted by molar-refractivity contribution is 7.92. The van der Waals surface area contributed by atoms with Crippen LogP contribution in [0.5, 0.6) is 11.6 Å². The normalized spacial score (nSPS) is 11.4. The van der Waals surface area contributed by atoms with E-state index in [9.17, 15) is 8.42 Å². The Morgan fingerprint density at radius 1 is 1.10 bits per heavy atom. The van der Waals surface area contributed by atoms with Crippen LogP contribution < -0.4 is 9.46 Å². The van der Waals surface area contributed by atoms with E-state index in [1.54, 1.807) is 35.0 Å². The summed E-state index contributed by atoms with van der Waals surface area (Å²) in [5.41, 5.74) is 3.56. The van der Waals surface area contributed by atoms with Crippen molar-refractivity contribution < 1.29 is 13.2 Å². The number of hydrogen-bond donors (Lipinski definition) is 1. The average Bonchev–Trinajstić information content (AvgIpc) is 2.95. The number of ether oxygens (including phenoxy) is 1. The predicted octanol–water partition coefficient (Wildman–Crippen LogP) is 3.92. The fraction of sp³-hybridized carbons (Fsp3) is 0.350. The summed E-state index contributed by atoms with van der Waals surface area (Å²) < 4.78 is 34.1. The molecule has 9 heteroatoms. The van der Waals surface area contributed by atoms with Gasteiger partial charge in [-0.05, 0) is 57.0 Å². The number of unbranched alkanes of at least 4 members (excludes halogenated alkanes) is 1. The van der Waals surface area contributed by atoms with Gasteiger partial charge in [-0.2, -0.15) is 5.10 Å². The molecule has 2 aromatic heterocycles. The lowest BCUT2D eigenvalue weighted by Gasteiger charge is -2.10. The van der Waals surface area contributed by atoms with E-state index in [-0.39, 0.29) is 5.75 Å². The molecule has 0 spiro atoms. The van der Waals surface area contributed by atoms with Crippen LogP contribution in [0.4, 0.5) is 5.69 Å². The Labute approximate surface area is 171 Å². The third-order valence-electron chi connectivity index (χ3n) is 4.61. The van der Waals surface area contributed by atoms with Gasteiger partial charge in [-0.1, -0.05) is 13.3 Å². The quantitative estimate of drug-likeness (QED) is 0.599. The number of sulfonamides is 1. The van der Waals surface area contributed by atoms with Gasteiger partial charge >= 0.3 is 0 Å². The summed E-state index contributed by atoms with van der Waals surface area (Å²) in [5, 5.41) is 4.50. The van der Waals surface area contributed by atoms with Crippen LogP contribution in [0.2, 0.25) is 0 Å². The molecule has 0 bridgehead atoms. The number of aryl methyl sites for hydroxylation is 1. The Morgan fingerprint density at radius 2 is 1.83 bits per heavy atom. The summed E-state index contributed by atoms with van der Waals surface area (Å²) in [4.78, 5) is 8.43. The average molecular weight is 416 g/mol. The highest BCUT2D eigenvalue weighted by Gasteiger charge is 2.12. The Balaban J connectivity index is 1.73. The summed E-state index contributed by atoms with van der Waals surface area (Å²) >= 11 is 0. The topological polar surface area (TPSA) is 99.0 Å². The lowest BCUT2D eigenvalue weighted by Crippen LogP contribution is -2.16. The SMILES string of the molecule is CCCCS(=O)(=O)Nc1ccc(Oc2cc(-n3nc(C)c(C)c3C)ncn2)cc1. The largest absolute Gasteiger partial charge is 0.439 e. The van der Waals surface area contributed by atoms with Crippen molar-refractivity contribution in [3.05, 3.63) is 53.6 Å². The molecule has 1 aromatic carbocycles. The molecule has 154 valence electrons. The Kier molecular flexibility index (Phi) is 6.17. The lowest BCUT2D eigenvalue weighted by molar-refractivity contribution is 0.460. The zero-order valence-electron chi connectivity index (χ0n) is 17.0. The van der Waals surface area contributed by atoms with E-state index in [1.807, 2.05) is 27.7 Å². The maximum Gasteiger partial charge on any atom is 0.232 e. The number of benzene rings is 1. The van der Waals surface area contributed by atoms with Crippen LogP contribution in [0.1, 0.15) is 36.7 Å². The first-order valence-electron chi connectivity index (χ1n) is 9.42. The molecule has 0 aliphatic carbocycles. The minimum Gasteiger partial charge on any atom is -0.439 e. The summed E-state index contributed by atoms with van der Waals surface area (Å²) in [5.74, 6) is 1.63. The van der Waals surface area contributed by atoms with Crippen LogP contribution in [-0.2, 0) is 10.0 Å². The van der Waals surface area contributed by atoms with Crippen LogP contribution in [0.25, 0.3) is 5.82 Å². The summed E-state index contributed by atoms with van der Waals surface area (Å²) in [6, 6.07) is 8.40. The molecule has 0 radical (unpaired) electrons. The van der Waals surface area contributed by atoms with E-state index in [0.29, 0.717) is 29.6 Å². The number of anilines is 1. The van der Waals surface area contributed by atoms with E-state index in [2.05, 4.69) is 19.8 Å². The van der Waals surface area contributed by atoms with Gasteiger partial charge in [-0.3, -0.25) is 4.72 Å². The fourth-order valence-electron chi connectivity index (χ4n) is 2.72. The summed E-state index contributed by atoms with van der Waals surface area (Å²) in [6.45, 7) is 7.91. The van der Waals surface area contributed by atoms with Crippen LogP contribution in [-0.4, -0.2) is 33.9 Å². The molecule has 0 saturated carbocycles. The summed E-state index contributed by atoms with van der Waals surface area (Å²) in [6.07, 6.45) is 2.87.